The Morgan fingerprint density at radius 2 is 0.957 bits per heavy atom. The Kier molecular flexibility index (Phi) is 14.8. The van der Waals surface area contributed by atoms with Crippen LogP contribution < -0.4 is 0 Å². The summed E-state index contributed by atoms with van der Waals surface area (Å²) in [5, 5.41) is 20.5. The molecular formula is C38H54N2O6. The number of carbonyl (C=O) groups is 4. The van der Waals surface area contributed by atoms with Crippen LogP contribution in [0.2, 0.25) is 0 Å². The van der Waals surface area contributed by atoms with E-state index < -0.39 is 47.4 Å². The number of aryl methyl sites for hydroxylation is 2. The van der Waals surface area contributed by atoms with Crippen molar-refractivity contribution in [2.24, 2.45) is 35.5 Å². The smallest absolute Gasteiger partial charge is 0.308 e. The topological polar surface area (TPSA) is 115 Å². The highest BCUT2D eigenvalue weighted by Gasteiger charge is 2.64. The van der Waals surface area contributed by atoms with E-state index >= 15 is 0 Å². The van der Waals surface area contributed by atoms with Crippen molar-refractivity contribution in [3.63, 3.8) is 0 Å². The van der Waals surface area contributed by atoms with E-state index in [1.54, 1.807) is 9.80 Å². The maximum atomic E-state index is 13.9. The van der Waals surface area contributed by atoms with Gasteiger partial charge in [-0.3, -0.25) is 19.2 Å². The van der Waals surface area contributed by atoms with Gasteiger partial charge in [-0.1, -0.05) is 88.4 Å². The van der Waals surface area contributed by atoms with E-state index in [1.807, 2.05) is 50.2 Å². The molecule has 1 saturated carbocycles. The zero-order valence-electron chi connectivity index (χ0n) is 28.1. The van der Waals surface area contributed by atoms with Gasteiger partial charge in [0, 0.05) is 26.2 Å². The van der Waals surface area contributed by atoms with Crippen LogP contribution in [0.1, 0.15) is 77.3 Å². The molecule has 0 saturated heterocycles. The number of carboxylic acid groups (broad SMARTS) is 2. The van der Waals surface area contributed by atoms with Gasteiger partial charge in [-0.2, -0.15) is 0 Å². The molecular weight excluding hydrogens is 580 g/mol. The molecule has 2 aromatic carbocycles. The van der Waals surface area contributed by atoms with E-state index in [2.05, 4.69) is 38.1 Å². The van der Waals surface area contributed by atoms with Crippen LogP contribution in [0.4, 0.5) is 0 Å². The quantitative estimate of drug-likeness (QED) is 0.174. The molecule has 1 aliphatic rings. The number of rotatable bonds is 20. The third-order valence-corrected chi connectivity index (χ3v) is 9.37. The molecule has 0 radical (unpaired) electrons. The normalized spacial score (nSPS) is 20.3. The van der Waals surface area contributed by atoms with Gasteiger partial charge in [0.15, 0.2) is 0 Å². The van der Waals surface area contributed by atoms with Crippen molar-refractivity contribution in [3.05, 3.63) is 71.8 Å². The van der Waals surface area contributed by atoms with Crippen molar-refractivity contribution in [3.8, 4) is 0 Å². The molecule has 0 unspecified atom stereocenters. The molecule has 3 rings (SSSR count). The van der Waals surface area contributed by atoms with Crippen LogP contribution in [0, 0.1) is 35.5 Å². The van der Waals surface area contributed by atoms with Crippen LogP contribution in [-0.2, 0) is 32.0 Å². The lowest BCUT2D eigenvalue weighted by molar-refractivity contribution is -0.187. The summed E-state index contributed by atoms with van der Waals surface area (Å²) >= 11 is 0. The van der Waals surface area contributed by atoms with E-state index in [4.69, 9.17) is 0 Å². The van der Waals surface area contributed by atoms with Gasteiger partial charge in [-0.25, -0.2) is 0 Å². The summed E-state index contributed by atoms with van der Waals surface area (Å²) in [5.41, 5.74) is 2.52. The summed E-state index contributed by atoms with van der Waals surface area (Å²) in [5.74, 6) is -8.42. The first-order valence-electron chi connectivity index (χ1n) is 17.2. The lowest BCUT2D eigenvalue weighted by atomic mass is 9.55. The number of hydrogen-bond donors (Lipinski definition) is 2. The van der Waals surface area contributed by atoms with Crippen molar-refractivity contribution < 1.29 is 29.4 Å². The monoisotopic (exact) mass is 634 g/mol. The molecule has 1 aliphatic carbocycles. The van der Waals surface area contributed by atoms with Crippen LogP contribution in [0.5, 0.6) is 0 Å². The number of carbonyl (C=O) groups excluding carboxylic acids is 2. The summed E-state index contributed by atoms with van der Waals surface area (Å²) in [6.07, 6.45) is 6.87. The first-order valence-corrected chi connectivity index (χ1v) is 17.2. The number of aliphatic carboxylic acids is 2. The molecule has 2 N–H and O–H groups in total. The maximum absolute atomic E-state index is 13.9. The zero-order valence-corrected chi connectivity index (χ0v) is 28.1. The Morgan fingerprint density at radius 3 is 1.26 bits per heavy atom. The number of nitrogens with zero attached hydrogens (tertiary/aromatic N) is 2. The molecule has 2 atom stereocenters. The van der Waals surface area contributed by atoms with Crippen LogP contribution >= 0.6 is 0 Å². The summed E-state index contributed by atoms with van der Waals surface area (Å²) < 4.78 is 0. The SMILES string of the molecule is CCCN(C[C@H](C)CCCc1ccccc1)C(=O)C1C(C(=O)O)C(C(=O)N(CCC)C[C@H](C)CCCc2ccccc2)C1C(=O)O. The third-order valence-electron chi connectivity index (χ3n) is 9.37. The first-order chi connectivity index (χ1) is 22.1. The van der Waals surface area contributed by atoms with Gasteiger partial charge in [0.1, 0.15) is 0 Å². The van der Waals surface area contributed by atoms with Crippen LogP contribution in [0.25, 0.3) is 0 Å². The average molecular weight is 635 g/mol. The minimum Gasteiger partial charge on any atom is -0.481 e. The Morgan fingerprint density at radius 1 is 0.609 bits per heavy atom. The van der Waals surface area contributed by atoms with Gasteiger partial charge < -0.3 is 20.0 Å². The second kappa shape index (κ2) is 18.5. The van der Waals surface area contributed by atoms with Gasteiger partial charge in [-0.05, 0) is 74.3 Å². The molecule has 1 fully saturated rings. The summed E-state index contributed by atoms with van der Waals surface area (Å²) in [4.78, 5) is 56.3. The Balaban J connectivity index is 1.68. The summed E-state index contributed by atoms with van der Waals surface area (Å²) in [7, 11) is 0. The molecule has 8 nitrogen and oxygen atoms in total. The summed E-state index contributed by atoms with van der Waals surface area (Å²) in [6.45, 7) is 9.72. The van der Waals surface area contributed by atoms with E-state index in [1.165, 1.54) is 11.1 Å². The highest BCUT2D eigenvalue weighted by atomic mass is 16.4. The molecule has 0 spiro atoms. The molecule has 0 aromatic heterocycles. The molecule has 2 aromatic rings. The maximum Gasteiger partial charge on any atom is 0.308 e. The average Bonchev–Trinajstić information content (AvgIpc) is 3.00. The third kappa shape index (κ3) is 10.2. The zero-order chi connectivity index (χ0) is 33.6. The molecule has 2 amide bonds. The van der Waals surface area contributed by atoms with E-state index in [0.717, 1.165) is 38.5 Å². The molecule has 0 heterocycles. The van der Waals surface area contributed by atoms with Gasteiger partial charge in [0.05, 0.1) is 23.7 Å². The van der Waals surface area contributed by atoms with Crippen molar-refractivity contribution in [2.45, 2.75) is 79.1 Å². The number of benzene rings is 2. The lowest BCUT2D eigenvalue weighted by Crippen LogP contribution is -2.64. The molecule has 0 aliphatic heterocycles. The van der Waals surface area contributed by atoms with E-state index in [9.17, 15) is 29.4 Å². The first kappa shape index (κ1) is 36.8. The lowest BCUT2D eigenvalue weighted by Gasteiger charge is -2.48. The minimum atomic E-state index is -1.36. The van der Waals surface area contributed by atoms with Crippen LogP contribution in [-0.4, -0.2) is 69.9 Å². The Labute approximate surface area is 275 Å². The highest BCUT2D eigenvalue weighted by molar-refractivity contribution is 5.99. The van der Waals surface area contributed by atoms with Gasteiger partial charge >= 0.3 is 11.9 Å². The van der Waals surface area contributed by atoms with E-state index in [0.29, 0.717) is 39.0 Å². The molecule has 8 heteroatoms. The van der Waals surface area contributed by atoms with Crippen molar-refractivity contribution >= 4 is 23.8 Å². The van der Waals surface area contributed by atoms with Gasteiger partial charge in [-0.15, -0.1) is 0 Å². The standard InChI is InChI=1S/C38H54N2O6/c1-5-23-39(25-27(3)15-13-21-29-17-9-7-10-18-29)35(41)31-33(37(43)44)32(34(31)38(45)46)36(42)40(24-6-2)26-28(4)16-14-22-30-19-11-8-12-20-30/h7-12,17-20,27-28,31-34H,5-6,13-16,21-26H2,1-4H3,(H,43,44)(H,45,46)/t27-,28-,31?,32?,33?,34?/m1/s1. The number of carboxylic acids is 2. The fourth-order valence-corrected chi connectivity index (χ4v) is 7.05. The van der Waals surface area contributed by atoms with Crippen LogP contribution in [0.15, 0.2) is 60.7 Å². The molecule has 0 bridgehead atoms. The fourth-order valence-electron chi connectivity index (χ4n) is 7.05. The Hall–Kier alpha value is -3.68. The number of amides is 2. The van der Waals surface area contributed by atoms with Gasteiger partial charge in [0.25, 0.3) is 0 Å². The van der Waals surface area contributed by atoms with Crippen molar-refractivity contribution in [2.75, 3.05) is 26.2 Å². The largest absolute Gasteiger partial charge is 0.481 e. The molecule has 46 heavy (non-hydrogen) atoms. The van der Waals surface area contributed by atoms with Crippen LogP contribution in [0.3, 0.4) is 0 Å². The van der Waals surface area contributed by atoms with Crippen molar-refractivity contribution in [1.82, 2.24) is 9.80 Å². The predicted octanol–water partition coefficient (Wildman–Crippen LogP) is 6.43. The second-order valence-electron chi connectivity index (χ2n) is 13.3. The summed E-state index contributed by atoms with van der Waals surface area (Å²) in [6, 6.07) is 20.4. The molecule has 252 valence electrons. The second-order valence-corrected chi connectivity index (χ2v) is 13.3. The van der Waals surface area contributed by atoms with Crippen molar-refractivity contribution in [1.29, 1.82) is 0 Å². The highest BCUT2D eigenvalue weighted by Crippen LogP contribution is 2.49. The fraction of sp³-hybridized carbons (Fsp3) is 0.579. The van der Waals surface area contributed by atoms with Gasteiger partial charge in [0.2, 0.25) is 11.8 Å². The Bertz CT molecular complexity index is 1150. The predicted molar refractivity (Wildman–Crippen MR) is 180 cm³/mol. The van der Waals surface area contributed by atoms with E-state index in [-0.39, 0.29) is 11.8 Å². The number of hydrogen-bond acceptors (Lipinski definition) is 4. The minimum absolute atomic E-state index is 0.159.